The molecule has 6 nitrogen and oxygen atoms in total. The van der Waals surface area contributed by atoms with E-state index in [2.05, 4.69) is 10.2 Å². The Labute approximate surface area is 173 Å². The SMILES string of the molecule is CCOc1ccc(-c2nnc(SCC(=O)N(CC)Cc3cccc(F)c3)o2)cc1. The average molecular weight is 415 g/mol. The molecule has 1 heterocycles. The lowest BCUT2D eigenvalue weighted by Crippen LogP contribution is -2.31. The number of carbonyl (C=O) groups is 1. The van der Waals surface area contributed by atoms with Gasteiger partial charge in [-0.25, -0.2) is 4.39 Å². The van der Waals surface area contributed by atoms with Crippen LogP contribution in [0.25, 0.3) is 11.5 Å². The van der Waals surface area contributed by atoms with E-state index in [-0.39, 0.29) is 17.5 Å². The predicted octanol–water partition coefficient (Wildman–Crippen LogP) is 4.42. The molecule has 3 rings (SSSR count). The van der Waals surface area contributed by atoms with Gasteiger partial charge >= 0.3 is 0 Å². The number of benzene rings is 2. The van der Waals surface area contributed by atoms with Crippen molar-refractivity contribution < 1.29 is 18.3 Å². The summed E-state index contributed by atoms with van der Waals surface area (Å²) in [6.45, 7) is 5.29. The molecule has 0 spiro atoms. The topological polar surface area (TPSA) is 68.5 Å². The molecule has 0 aliphatic heterocycles. The third kappa shape index (κ3) is 5.80. The van der Waals surface area contributed by atoms with Gasteiger partial charge in [-0.3, -0.25) is 4.79 Å². The van der Waals surface area contributed by atoms with Crippen LogP contribution in [0, 0.1) is 5.82 Å². The molecule has 2 aromatic carbocycles. The second-order valence-corrected chi connectivity index (χ2v) is 7.08. The van der Waals surface area contributed by atoms with Crippen LogP contribution in [-0.2, 0) is 11.3 Å². The Morgan fingerprint density at radius 1 is 1.17 bits per heavy atom. The van der Waals surface area contributed by atoms with Crippen molar-refractivity contribution in [2.75, 3.05) is 18.9 Å². The molecule has 8 heteroatoms. The minimum absolute atomic E-state index is 0.0809. The summed E-state index contributed by atoms with van der Waals surface area (Å²) in [5.41, 5.74) is 1.53. The lowest BCUT2D eigenvalue weighted by molar-refractivity contribution is -0.128. The summed E-state index contributed by atoms with van der Waals surface area (Å²) in [4.78, 5) is 14.2. The van der Waals surface area contributed by atoms with Crippen molar-refractivity contribution >= 4 is 17.7 Å². The number of hydrogen-bond donors (Lipinski definition) is 0. The lowest BCUT2D eigenvalue weighted by Gasteiger charge is -2.20. The summed E-state index contributed by atoms with van der Waals surface area (Å²) in [5.74, 6) is 0.924. The van der Waals surface area contributed by atoms with Crippen LogP contribution < -0.4 is 4.74 Å². The number of thioether (sulfide) groups is 1. The van der Waals surface area contributed by atoms with Crippen molar-refractivity contribution in [3.63, 3.8) is 0 Å². The fraction of sp³-hybridized carbons (Fsp3) is 0.286. The lowest BCUT2D eigenvalue weighted by atomic mass is 10.2. The third-order valence-corrected chi connectivity index (χ3v) is 4.94. The van der Waals surface area contributed by atoms with Crippen molar-refractivity contribution in [3.05, 3.63) is 59.9 Å². The van der Waals surface area contributed by atoms with Gasteiger partial charge in [-0.1, -0.05) is 23.9 Å². The Morgan fingerprint density at radius 3 is 2.66 bits per heavy atom. The van der Waals surface area contributed by atoms with E-state index in [0.29, 0.717) is 30.8 Å². The van der Waals surface area contributed by atoms with Gasteiger partial charge in [0.1, 0.15) is 11.6 Å². The van der Waals surface area contributed by atoms with E-state index in [4.69, 9.17) is 9.15 Å². The zero-order valence-electron chi connectivity index (χ0n) is 16.3. The van der Waals surface area contributed by atoms with Crippen molar-refractivity contribution in [3.8, 4) is 17.2 Å². The minimum Gasteiger partial charge on any atom is -0.494 e. The van der Waals surface area contributed by atoms with E-state index in [1.807, 2.05) is 38.1 Å². The fourth-order valence-corrected chi connectivity index (χ4v) is 3.36. The van der Waals surface area contributed by atoms with Crippen LogP contribution in [0.2, 0.25) is 0 Å². The Balaban J connectivity index is 1.57. The van der Waals surface area contributed by atoms with Crippen molar-refractivity contribution in [2.24, 2.45) is 0 Å². The molecule has 3 aromatic rings. The summed E-state index contributed by atoms with van der Waals surface area (Å²) in [7, 11) is 0. The second-order valence-electron chi connectivity index (χ2n) is 6.16. The van der Waals surface area contributed by atoms with Gasteiger partial charge in [0.25, 0.3) is 5.22 Å². The van der Waals surface area contributed by atoms with Crippen LogP contribution in [-0.4, -0.2) is 39.9 Å². The highest BCUT2D eigenvalue weighted by Crippen LogP contribution is 2.25. The van der Waals surface area contributed by atoms with Crippen LogP contribution >= 0.6 is 11.8 Å². The highest BCUT2D eigenvalue weighted by Gasteiger charge is 2.16. The molecule has 0 atom stereocenters. The number of aromatic nitrogens is 2. The van der Waals surface area contributed by atoms with E-state index >= 15 is 0 Å². The minimum atomic E-state index is -0.312. The normalized spacial score (nSPS) is 10.7. The first-order chi connectivity index (χ1) is 14.1. The maximum Gasteiger partial charge on any atom is 0.277 e. The van der Waals surface area contributed by atoms with E-state index in [1.165, 1.54) is 23.9 Å². The smallest absolute Gasteiger partial charge is 0.277 e. The van der Waals surface area contributed by atoms with Gasteiger partial charge in [0.2, 0.25) is 11.8 Å². The van der Waals surface area contributed by atoms with Gasteiger partial charge in [0.05, 0.1) is 12.4 Å². The molecule has 0 saturated heterocycles. The maximum atomic E-state index is 13.4. The largest absolute Gasteiger partial charge is 0.494 e. The van der Waals surface area contributed by atoms with Gasteiger partial charge in [-0.15, -0.1) is 10.2 Å². The summed E-state index contributed by atoms with van der Waals surface area (Å²) in [6.07, 6.45) is 0. The number of hydrogen-bond acceptors (Lipinski definition) is 6. The molecule has 0 saturated carbocycles. The molecular weight excluding hydrogens is 393 g/mol. The number of amides is 1. The summed E-state index contributed by atoms with van der Waals surface area (Å²) in [5, 5.41) is 8.36. The monoisotopic (exact) mass is 415 g/mol. The van der Waals surface area contributed by atoms with Crippen LogP contribution in [0.4, 0.5) is 4.39 Å². The summed E-state index contributed by atoms with van der Waals surface area (Å²) < 4.78 is 24.4. The van der Waals surface area contributed by atoms with Crippen LogP contribution in [0.15, 0.2) is 58.2 Å². The highest BCUT2D eigenvalue weighted by atomic mass is 32.2. The molecular formula is C21H22FN3O3S. The molecule has 0 fully saturated rings. The van der Waals surface area contributed by atoms with Crippen molar-refractivity contribution in [2.45, 2.75) is 25.6 Å². The highest BCUT2D eigenvalue weighted by molar-refractivity contribution is 7.99. The number of nitrogens with zero attached hydrogens (tertiary/aromatic N) is 3. The first-order valence-corrected chi connectivity index (χ1v) is 10.3. The average Bonchev–Trinajstić information content (AvgIpc) is 3.20. The molecule has 152 valence electrons. The van der Waals surface area contributed by atoms with Gasteiger partial charge in [-0.2, -0.15) is 0 Å². The maximum absolute atomic E-state index is 13.4. The third-order valence-electron chi connectivity index (χ3n) is 4.13. The Kier molecular flexibility index (Phi) is 7.24. The zero-order valence-corrected chi connectivity index (χ0v) is 17.1. The molecule has 0 radical (unpaired) electrons. The summed E-state index contributed by atoms with van der Waals surface area (Å²) >= 11 is 1.18. The quantitative estimate of drug-likeness (QED) is 0.482. The molecule has 0 bridgehead atoms. The van der Waals surface area contributed by atoms with E-state index in [0.717, 1.165) is 16.9 Å². The Bertz CT molecular complexity index is 946. The number of rotatable bonds is 9. The first kappa shape index (κ1) is 20.9. The van der Waals surface area contributed by atoms with Crippen LogP contribution in [0.5, 0.6) is 5.75 Å². The fourth-order valence-electron chi connectivity index (χ4n) is 2.69. The molecule has 1 aromatic heterocycles. The van der Waals surface area contributed by atoms with Crippen molar-refractivity contribution in [1.29, 1.82) is 0 Å². The van der Waals surface area contributed by atoms with Gasteiger partial charge in [-0.05, 0) is 55.8 Å². The molecule has 0 aliphatic carbocycles. The standard InChI is InChI=1S/C21H22FN3O3S/c1-3-25(13-15-6-5-7-17(22)12-15)19(26)14-29-21-24-23-20(28-21)16-8-10-18(11-9-16)27-4-2/h5-12H,3-4,13-14H2,1-2H3. The Hall–Kier alpha value is -2.87. The van der Waals surface area contributed by atoms with Crippen LogP contribution in [0.3, 0.4) is 0 Å². The molecule has 0 unspecified atom stereocenters. The molecule has 1 amide bonds. The summed E-state index contributed by atoms with van der Waals surface area (Å²) in [6, 6.07) is 13.6. The van der Waals surface area contributed by atoms with Gasteiger partial charge < -0.3 is 14.1 Å². The predicted molar refractivity (Wildman–Crippen MR) is 109 cm³/mol. The zero-order chi connectivity index (χ0) is 20.6. The second kappa shape index (κ2) is 10.1. The Morgan fingerprint density at radius 2 is 1.97 bits per heavy atom. The molecule has 0 aliphatic rings. The first-order valence-electron chi connectivity index (χ1n) is 9.30. The van der Waals surface area contributed by atoms with Crippen molar-refractivity contribution in [1.82, 2.24) is 15.1 Å². The number of carbonyl (C=O) groups excluding carboxylic acids is 1. The number of halogens is 1. The van der Waals surface area contributed by atoms with Gasteiger partial charge in [0, 0.05) is 18.7 Å². The molecule has 0 N–H and O–H groups in total. The van der Waals surface area contributed by atoms with E-state index in [9.17, 15) is 9.18 Å². The molecule has 29 heavy (non-hydrogen) atoms. The van der Waals surface area contributed by atoms with Gasteiger partial charge in [0.15, 0.2) is 0 Å². The van der Waals surface area contributed by atoms with Crippen LogP contribution in [0.1, 0.15) is 19.4 Å². The number of ether oxygens (including phenoxy) is 1. The van der Waals surface area contributed by atoms with E-state index in [1.54, 1.807) is 17.0 Å². The van der Waals surface area contributed by atoms with E-state index < -0.39 is 0 Å².